The number of carboxylic acids is 1. The summed E-state index contributed by atoms with van der Waals surface area (Å²) in [5.74, 6) is -1.33. The summed E-state index contributed by atoms with van der Waals surface area (Å²) in [4.78, 5) is 26.1. The Kier molecular flexibility index (Phi) is 6.63. The predicted molar refractivity (Wildman–Crippen MR) is 89.4 cm³/mol. The van der Waals surface area contributed by atoms with Gasteiger partial charge in [-0.3, -0.25) is 14.5 Å². The number of rotatable bonds is 5. The summed E-state index contributed by atoms with van der Waals surface area (Å²) in [6.45, 7) is 2.73. The van der Waals surface area contributed by atoms with Crippen molar-refractivity contribution in [3.8, 4) is 0 Å². The van der Waals surface area contributed by atoms with Crippen molar-refractivity contribution in [2.75, 3.05) is 19.6 Å². The van der Waals surface area contributed by atoms with Crippen LogP contribution in [0.4, 0.5) is 13.2 Å². The Hall–Kier alpha value is -2.09. The van der Waals surface area contributed by atoms with Crippen molar-refractivity contribution in [1.82, 2.24) is 9.80 Å². The van der Waals surface area contributed by atoms with Crippen LogP contribution >= 0.6 is 0 Å². The molecule has 1 aliphatic heterocycles. The number of benzene rings is 1. The Labute approximate surface area is 150 Å². The minimum absolute atomic E-state index is 0.157. The number of amides is 1. The van der Waals surface area contributed by atoms with Gasteiger partial charge in [0.2, 0.25) is 5.91 Å². The summed E-state index contributed by atoms with van der Waals surface area (Å²) in [6.07, 6.45) is -2.32. The van der Waals surface area contributed by atoms with Gasteiger partial charge in [-0.15, -0.1) is 0 Å². The van der Waals surface area contributed by atoms with Crippen LogP contribution in [0.3, 0.4) is 0 Å². The van der Waals surface area contributed by atoms with Gasteiger partial charge in [0.1, 0.15) is 6.54 Å². The molecule has 8 heteroatoms. The molecule has 2 rings (SSSR count). The lowest BCUT2D eigenvalue weighted by Gasteiger charge is -2.29. The molecular weight excluding hydrogens is 349 g/mol. The molecule has 0 spiro atoms. The molecular formula is C18H23F3N2O3. The van der Waals surface area contributed by atoms with Crippen LogP contribution < -0.4 is 0 Å². The van der Waals surface area contributed by atoms with Gasteiger partial charge in [-0.1, -0.05) is 18.2 Å². The molecule has 0 unspecified atom stereocenters. The minimum Gasteiger partial charge on any atom is -0.480 e. The Morgan fingerprint density at radius 1 is 1.27 bits per heavy atom. The predicted octanol–water partition coefficient (Wildman–Crippen LogP) is 2.99. The zero-order valence-corrected chi connectivity index (χ0v) is 14.6. The number of hydrogen-bond acceptors (Lipinski definition) is 3. The summed E-state index contributed by atoms with van der Waals surface area (Å²) < 4.78 is 38.5. The monoisotopic (exact) mass is 372 g/mol. The van der Waals surface area contributed by atoms with Gasteiger partial charge in [0.15, 0.2) is 0 Å². The first-order chi connectivity index (χ1) is 12.2. The van der Waals surface area contributed by atoms with Gasteiger partial charge in [-0.25, -0.2) is 0 Å². The highest BCUT2D eigenvalue weighted by molar-refractivity contribution is 5.79. The SMILES string of the molecule is CC(=O)N(CC(=O)O)[C@@H]1CCCN(Cc2cccc(C(F)(F)F)c2)CC1. The zero-order chi connectivity index (χ0) is 19.3. The maximum absolute atomic E-state index is 12.8. The molecule has 0 bridgehead atoms. The van der Waals surface area contributed by atoms with E-state index in [-0.39, 0.29) is 18.5 Å². The minimum atomic E-state index is -4.36. The highest BCUT2D eigenvalue weighted by atomic mass is 19.4. The van der Waals surface area contributed by atoms with Gasteiger partial charge in [-0.05, 0) is 37.4 Å². The van der Waals surface area contributed by atoms with Gasteiger partial charge >= 0.3 is 12.1 Å². The maximum Gasteiger partial charge on any atom is 0.416 e. The molecule has 0 saturated carbocycles. The molecule has 1 aromatic carbocycles. The summed E-state index contributed by atoms with van der Waals surface area (Å²) in [7, 11) is 0. The van der Waals surface area contributed by atoms with E-state index >= 15 is 0 Å². The second-order valence-corrected chi connectivity index (χ2v) is 6.60. The van der Waals surface area contributed by atoms with Crippen molar-refractivity contribution in [3.05, 3.63) is 35.4 Å². The van der Waals surface area contributed by atoms with Crippen LogP contribution in [-0.2, 0) is 22.3 Å². The third-order valence-electron chi connectivity index (χ3n) is 4.60. The Balaban J connectivity index is 2.00. The summed E-state index contributed by atoms with van der Waals surface area (Å²) >= 11 is 0. The van der Waals surface area contributed by atoms with E-state index in [1.165, 1.54) is 17.9 Å². The first-order valence-corrected chi connectivity index (χ1v) is 8.54. The van der Waals surface area contributed by atoms with E-state index in [2.05, 4.69) is 4.90 Å². The topological polar surface area (TPSA) is 60.9 Å². The van der Waals surface area contributed by atoms with Crippen LogP contribution in [-0.4, -0.2) is 52.5 Å². The fourth-order valence-electron chi connectivity index (χ4n) is 3.36. The first kappa shape index (κ1) is 20.2. The third kappa shape index (κ3) is 5.72. The van der Waals surface area contributed by atoms with Crippen molar-refractivity contribution in [2.24, 2.45) is 0 Å². The van der Waals surface area contributed by atoms with Crippen molar-refractivity contribution >= 4 is 11.9 Å². The van der Waals surface area contributed by atoms with Gasteiger partial charge in [0.25, 0.3) is 0 Å². The lowest BCUT2D eigenvalue weighted by Crippen LogP contribution is -2.42. The number of carboxylic acid groups (broad SMARTS) is 1. The van der Waals surface area contributed by atoms with Crippen molar-refractivity contribution < 1.29 is 27.9 Å². The third-order valence-corrected chi connectivity index (χ3v) is 4.60. The van der Waals surface area contributed by atoms with Crippen LogP contribution in [0.15, 0.2) is 24.3 Å². The molecule has 144 valence electrons. The van der Waals surface area contributed by atoms with E-state index in [1.54, 1.807) is 6.07 Å². The van der Waals surface area contributed by atoms with Crippen molar-refractivity contribution in [1.29, 1.82) is 0 Å². The number of halogens is 3. The average Bonchev–Trinajstić information content (AvgIpc) is 2.77. The molecule has 1 fully saturated rings. The fourth-order valence-corrected chi connectivity index (χ4v) is 3.36. The van der Waals surface area contributed by atoms with Crippen molar-refractivity contribution in [2.45, 2.75) is 44.9 Å². The second-order valence-electron chi connectivity index (χ2n) is 6.60. The number of carbonyl (C=O) groups excluding carboxylic acids is 1. The van der Waals surface area contributed by atoms with E-state index in [1.807, 2.05) is 0 Å². The molecule has 5 nitrogen and oxygen atoms in total. The number of aliphatic carboxylic acids is 1. The number of carbonyl (C=O) groups is 2. The van der Waals surface area contributed by atoms with Gasteiger partial charge < -0.3 is 10.0 Å². The molecule has 1 aromatic rings. The van der Waals surface area contributed by atoms with Gasteiger partial charge in [-0.2, -0.15) is 13.2 Å². The molecule has 1 saturated heterocycles. The highest BCUT2D eigenvalue weighted by Gasteiger charge is 2.31. The molecule has 1 amide bonds. The van der Waals surface area contributed by atoms with E-state index in [0.717, 1.165) is 18.6 Å². The molecule has 1 heterocycles. The van der Waals surface area contributed by atoms with Gasteiger partial charge in [0, 0.05) is 26.1 Å². The smallest absolute Gasteiger partial charge is 0.416 e. The van der Waals surface area contributed by atoms with E-state index in [0.29, 0.717) is 38.0 Å². The fraction of sp³-hybridized carbons (Fsp3) is 0.556. The molecule has 0 radical (unpaired) electrons. The summed E-state index contributed by atoms with van der Waals surface area (Å²) in [6, 6.07) is 5.13. The Morgan fingerprint density at radius 3 is 2.62 bits per heavy atom. The molecule has 0 aliphatic carbocycles. The molecule has 26 heavy (non-hydrogen) atoms. The number of nitrogens with zero attached hydrogens (tertiary/aromatic N) is 2. The van der Waals surface area contributed by atoms with E-state index < -0.39 is 17.7 Å². The second kappa shape index (κ2) is 8.53. The van der Waals surface area contributed by atoms with Crippen molar-refractivity contribution in [3.63, 3.8) is 0 Å². The average molecular weight is 372 g/mol. The Bertz CT molecular complexity index is 649. The molecule has 0 aromatic heterocycles. The van der Waals surface area contributed by atoms with E-state index in [4.69, 9.17) is 5.11 Å². The lowest BCUT2D eigenvalue weighted by atomic mass is 10.1. The van der Waals surface area contributed by atoms with Crippen LogP contribution in [0.25, 0.3) is 0 Å². The van der Waals surface area contributed by atoms with Crippen LogP contribution in [0.1, 0.15) is 37.3 Å². The standard InChI is InChI=1S/C18H23F3N2O3/c1-13(24)23(12-17(25)26)16-6-3-8-22(9-7-16)11-14-4-2-5-15(10-14)18(19,20)21/h2,4-5,10,16H,3,6-9,11-12H2,1H3,(H,25,26)/t16-/m1/s1. The molecule has 1 N–H and O–H groups in total. The Morgan fingerprint density at radius 2 is 2.00 bits per heavy atom. The van der Waals surface area contributed by atoms with Crippen LogP contribution in [0.2, 0.25) is 0 Å². The zero-order valence-electron chi connectivity index (χ0n) is 14.6. The van der Waals surface area contributed by atoms with Crippen LogP contribution in [0.5, 0.6) is 0 Å². The number of hydrogen-bond donors (Lipinski definition) is 1. The number of likely N-dealkylation sites (tertiary alicyclic amines) is 1. The van der Waals surface area contributed by atoms with E-state index in [9.17, 15) is 22.8 Å². The maximum atomic E-state index is 12.8. The first-order valence-electron chi connectivity index (χ1n) is 8.54. The molecule has 1 atom stereocenters. The van der Waals surface area contributed by atoms with Gasteiger partial charge in [0.05, 0.1) is 5.56 Å². The largest absolute Gasteiger partial charge is 0.480 e. The molecule has 1 aliphatic rings. The lowest BCUT2D eigenvalue weighted by molar-refractivity contribution is -0.145. The normalized spacial score (nSPS) is 19.0. The summed E-state index contributed by atoms with van der Waals surface area (Å²) in [5, 5.41) is 8.98. The quantitative estimate of drug-likeness (QED) is 0.863. The van der Waals surface area contributed by atoms with Crippen LogP contribution in [0, 0.1) is 0 Å². The highest BCUT2D eigenvalue weighted by Crippen LogP contribution is 2.30. The summed E-state index contributed by atoms with van der Waals surface area (Å²) in [5.41, 5.74) is -0.0702. The number of alkyl halides is 3.